The maximum atomic E-state index is 14.7. The van der Waals surface area contributed by atoms with Gasteiger partial charge in [-0.05, 0) is 92.5 Å². The molecule has 4 aliphatic rings. The van der Waals surface area contributed by atoms with Gasteiger partial charge in [-0.15, -0.1) is 11.8 Å². The van der Waals surface area contributed by atoms with Crippen molar-refractivity contribution in [2.45, 2.75) is 88.0 Å². The lowest BCUT2D eigenvalue weighted by Crippen LogP contribution is -2.57. The van der Waals surface area contributed by atoms with Crippen LogP contribution in [-0.4, -0.2) is 90.3 Å². The molecule has 2 fully saturated rings. The highest BCUT2D eigenvalue weighted by molar-refractivity contribution is 8.03. The van der Waals surface area contributed by atoms with E-state index in [9.17, 15) is 14.4 Å². The van der Waals surface area contributed by atoms with Gasteiger partial charge < -0.3 is 18.9 Å². The summed E-state index contributed by atoms with van der Waals surface area (Å²) in [6.07, 6.45) is 5.55. The number of benzene rings is 1. The Hall–Kier alpha value is -4.30. The van der Waals surface area contributed by atoms with Crippen molar-refractivity contribution < 1.29 is 23.9 Å². The molecule has 4 aliphatic heterocycles. The van der Waals surface area contributed by atoms with Gasteiger partial charge in [0.05, 0.1) is 49.7 Å². The Balaban J connectivity index is 1.24. The van der Waals surface area contributed by atoms with Crippen molar-refractivity contribution in [2.24, 2.45) is 5.41 Å². The maximum Gasteiger partial charge on any atom is 0.324 e. The summed E-state index contributed by atoms with van der Waals surface area (Å²) in [5.74, 6) is -0.602. The molecule has 1 amide bonds. The van der Waals surface area contributed by atoms with Crippen molar-refractivity contribution in [3.05, 3.63) is 88.8 Å². The second-order valence-electron chi connectivity index (χ2n) is 15.9. The normalized spacial score (nSPS) is 25.8. The Morgan fingerprint density at radius 2 is 1.96 bits per heavy atom. The number of carbonyl (C=O) groups excluding carboxylic acids is 3. The zero-order chi connectivity index (χ0) is 38.6. The van der Waals surface area contributed by atoms with Crippen LogP contribution in [0.4, 0.5) is 0 Å². The summed E-state index contributed by atoms with van der Waals surface area (Å²) in [6, 6.07) is 15.5. The highest BCUT2D eigenvalue weighted by atomic mass is 32.2. The number of methoxy groups -OCH3 is 1. The van der Waals surface area contributed by atoms with Gasteiger partial charge in [-0.2, -0.15) is 0 Å². The first kappa shape index (κ1) is 37.6. The summed E-state index contributed by atoms with van der Waals surface area (Å²) in [7, 11) is 3.91. The van der Waals surface area contributed by atoms with E-state index in [1.165, 1.54) is 5.56 Å². The SMILES string of the molecule is CCn1c(-c2cccnc2[C@H](C)OC)c2c3cc(ccc31)C1=CSC(C[C@@]3([Si][C@@H]3C(=O)c3ccccn3)C(=O)N3CCC[C@H](N3)C(=O)OCC(C)(C)C2)N1C. The minimum Gasteiger partial charge on any atom is -0.464 e. The number of carbonyl (C=O) groups is 3. The third-order valence-corrected chi connectivity index (χ3v) is 14.7. The lowest BCUT2D eigenvalue weighted by Gasteiger charge is -2.37. The molecule has 2 radical (unpaired) electrons. The molecule has 55 heavy (non-hydrogen) atoms. The number of Topliss-reactive ketones (excluding diaryl/α,β-unsaturated/α-hetero) is 1. The summed E-state index contributed by atoms with van der Waals surface area (Å²) in [4.78, 5) is 53.8. The van der Waals surface area contributed by atoms with Crippen LogP contribution in [0.1, 0.15) is 80.4 Å². The molecule has 6 bridgehead atoms. The Morgan fingerprint density at radius 3 is 2.73 bits per heavy atom. The molecule has 0 saturated carbocycles. The van der Waals surface area contributed by atoms with E-state index in [0.29, 0.717) is 37.9 Å². The van der Waals surface area contributed by atoms with E-state index in [1.807, 2.05) is 19.2 Å². The number of ketones is 1. The summed E-state index contributed by atoms with van der Waals surface area (Å²) in [5, 5.41) is 3.96. The molecular formula is C42H48N6O5SSi. The van der Waals surface area contributed by atoms with E-state index < -0.39 is 22.0 Å². The molecule has 3 aromatic heterocycles. The minimum absolute atomic E-state index is 0.0733. The van der Waals surface area contributed by atoms with Crippen LogP contribution < -0.4 is 5.43 Å². The molecular weight excluding hydrogens is 729 g/mol. The van der Waals surface area contributed by atoms with Crippen molar-refractivity contribution in [3.8, 4) is 11.3 Å². The molecule has 11 nitrogen and oxygen atoms in total. The molecule has 1 N–H and O–H groups in total. The second kappa shape index (κ2) is 14.6. The van der Waals surface area contributed by atoms with Gasteiger partial charge >= 0.3 is 5.97 Å². The standard InChI is InChI=1S/C42H48N6O5SSi/c1-7-47-32-16-15-26-20-28(32)29(36(47)27-12-10-18-44-35(27)25(2)52-6)21-41(3,4)24-53-39(50)31-14-11-19-48(45-31)40(51)42(22-34-46(5)33(26)23-54-34)38(55-42)37(49)30-13-8-9-17-43-30/h8-10,12-13,15-18,20,23,25,31,34,38,45H,7,11,14,19,21-22,24H2,1-6H3/t25-,31-,34?,38+,42-/m0/s1. The zero-order valence-corrected chi connectivity index (χ0v) is 34.1. The number of fused-ring (bicyclic) bond motifs is 6. The van der Waals surface area contributed by atoms with Gasteiger partial charge in [0.25, 0.3) is 0 Å². The van der Waals surface area contributed by atoms with E-state index in [-0.39, 0.29) is 45.3 Å². The Kier molecular flexibility index (Phi) is 10.0. The monoisotopic (exact) mass is 776 g/mol. The average Bonchev–Trinajstić information content (AvgIpc) is 3.72. The number of nitrogens with one attached hydrogen (secondary N) is 1. The lowest BCUT2D eigenvalue weighted by molar-refractivity contribution is -0.155. The first-order valence-electron chi connectivity index (χ1n) is 19.2. The Morgan fingerprint density at radius 1 is 1.15 bits per heavy atom. The largest absolute Gasteiger partial charge is 0.464 e. The molecule has 1 spiro atoms. The fourth-order valence-corrected chi connectivity index (χ4v) is 11.6. The first-order valence-corrected chi connectivity index (χ1v) is 21.2. The third-order valence-electron chi connectivity index (χ3n) is 11.6. The molecule has 8 rings (SSSR count). The number of esters is 1. The van der Waals surface area contributed by atoms with Crippen LogP contribution in [0.5, 0.6) is 0 Å². The van der Waals surface area contributed by atoms with Crippen molar-refractivity contribution >= 4 is 55.5 Å². The molecule has 4 aromatic rings. The third kappa shape index (κ3) is 6.72. The predicted octanol–water partition coefficient (Wildman–Crippen LogP) is 6.69. The number of hydrogen-bond donors (Lipinski definition) is 1. The molecule has 1 unspecified atom stereocenters. The molecule has 286 valence electrons. The Bertz CT molecular complexity index is 2190. The number of aryl methyl sites for hydroxylation is 1. The number of thioether (sulfide) groups is 1. The number of hydrazine groups is 1. The predicted molar refractivity (Wildman–Crippen MR) is 215 cm³/mol. The summed E-state index contributed by atoms with van der Waals surface area (Å²) >= 11 is 1.70. The number of hydrogen-bond acceptors (Lipinski definition) is 10. The molecule has 0 aliphatic carbocycles. The van der Waals surface area contributed by atoms with Crippen molar-refractivity contribution in [2.75, 3.05) is 27.3 Å². The quantitative estimate of drug-likeness (QED) is 0.129. The molecule has 2 saturated heterocycles. The van der Waals surface area contributed by atoms with Gasteiger partial charge in [-0.3, -0.25) is 29.4 Å². The van der Waals surface area contributed by atoms with Gasteiger partial charge in [0, 0.05) is 67.1 Å². The van der Waals surface area contributed by atoms with Crippen LogP contribution >= 0.6 is 11.8 Å². The molecule has 1 aromatic carbocycles. The topological polar surface area (TPSA) is 119 Å². The zero-order valence-electron chi connectivity index (χ0n) is 32.3. The number of amides is 1. The number of nitrogens with zero attached hydrogens (tertiary/aromatic N) is 5. The fourth-order valence-electron chi connectivity index (χ4n) is 8.51. The average molecular weight is 777 g/mol. The smallest absolute Gasteiger partial charge is 0.324 e. The van der Waals surface area contributed by atoms with Crippen LogP contribution in [0.15, 0.2) is 66.3 Å². The van der Waals surface area contributed by atoms with E-state index in [1.54, 1.807) is 48.3 Å². The highest BCUT2D eigenvalue weighted by Crippen LogP contribution is 2.64. The first-order chi connectivity index (χ1) is 26.5. The maximum absolute atomic E-state index is 14.7. The summed E-state index contributed by atoms with van der Waals surface area (Å²) in [5.41, 5.74) is 10.1. The number of cyclic esters (lactones) is 1. The molecule has 5 atom stereocenters. The van der Waals surface area contributed by atoms with Gasteiger partial charge in [0.15, 0.2) is 5.78 Å². The summed E-state index contributed by atoms with van der Waals surface area (Å²) < 4.78 is 14.3. The van der Waals surface area contributed by atoms with E-state index in [4.69, 9.17) is 14.5 Å². The number of pyridine rings is 2. The van der Waals surface area contributed by atoms with Crippen LogP contribution in [0.2, 0.25) is 10.6 Å². The van der Waals surface area contributed by atoms with Crippen molar-refractivity contribution in [1.82, 2.24) is 29.9 Å². The van der Waals surface area contributed by atoms with Gasteiger partial charge in [-0.25, -0.2) is 5.43 Å². The molecule has 13 heteroatoms. The van der Waals surface area contributed by atoms with Crippen molar-refractivity contribution in [3.63, 3.8) is 0 Å². The van der Waals surface area contributed by atoms with Crippen molar-refractivity contribution in [1.29, 1.82) is 0 Å². The van der Waals surface area contributed by atoms with Crippen LogP contribution in [0, 0.1) is 5.41 Å². The van der Waals surface area contributed by atoms with E-state index >= 15 is 0 Å². The van der Waals surface area contributed by atoms with E-state index in [2.05, 4.69) is 77.4 Å². The highest BCUT2D eigenvalue weighted by Gasteiger charge is 2.66. The van der Waals surface area contributed by atoms with Gasteiger partial charge in [0.2, 0.25) is 5.91 Å². The second-order valence-corrected chi connectivity index (χ2v) is 18.7. The Labute approximate surface area is 329 Å². The van der Waals surface area contributed by atoms with Gasteiger partial charge in [0.1, 0.15) is 11.7 Å². The summed E-state index contributed by atoms with van der Waals surface area (Å²) in [6.45, 7) is 9.87. The minimum atomic E-state index is -0.902. The van der Waals surface area contributed by atoms with E-state index in [0.717, 1.165) is 45.7 Å². The van der Waals surface area contributed by atoms with Gasteiger partial charge in [-0.1, -0.05) is 26.0 Å². The fraction of sp³-hybridized carbons (Fsp3) is 0.452. The molecule has 7 heterocycles. The number of ether oxygens (including phenoxy) is 2. The number of rotatable bonds is 6. The van der Waals surface area contributed by atoms with Crippen LogP contribution in [0.3, 0.4) is 0 Å². The van der Waals surface area contributed by atoms with Crippen LogP contribution in [-0.2, 0) is 32.0 Å². The number of aromatic nitrogens is 3. The lowest BCUT2D eigenvalue weighted by atomic mass is 9.84. The van der Waals surface area contributed by atoms with Crippen LogP contribution in [0.25, 0.3) is 27.9 Å².